The van der Waals surface area contributed by atoms with Gasteiger partial charge in [0.1, 0.15) is 29.6 Å². The van der Waals surface area contributed by atoms with Crippen LogP contribution in [0.25, 0.3) is 28.1 Å². The Bertz CT molecular complexity index is 1440. The summed E-state index contributed by atoms with van der Waals surface area (Å²) in [7, 11) is 0. The largest absolute Gasteiger partial charge is 0.488 e. The Morgan fingerprint density at radius 1 is 1.14 bits per heavy atom. The van der Waals surface area contributed by atoms with Crippen LogP contribution in [0.2, 0.25) is 0 Å². The van der Waals surface area contributed by atoms with E-state index in [0.29, 0.717) is 34.9 Å². The van der Waals surface area contributed by atoms with Gasteiger partial charge < -0.3 is 15.6 Å². The van der Waals surface area contributed by atoms with Crippen molar-refractivity contribution < 1.29 is 23.0 Å². The average Bonchev–Trinajstić information content (AvgIpc) is 3.38. The summed E-state index contributed by atoms with van der Waals surface area (Å²) in [6.45, 7) is 5.51. The van der Waals surface area contributed by atoms with Gasteiger partial charge in [-0.25, -0.2) is 4.98 Å². The van der Waals surface area contributed by atoms with Gasteiger partial charge >= 0.3 is 6.18 Å². The van der Waals surface area contributed by atoms with Crippen molar-refractivity contribution in [3.63, 3.8) is 0 Å². The van der Waals surface area contributed by atoms with Gasteiger partial charge in [0.25, 0.3) is 0 Å². The molecule has 11 heteroatoms. The van der Waals surface area contributed by atoms with E-state index in [2.05, 4.69) is 10.2 Å². The Kier molecular flexibility index (Phi) is 6.12. The number of hydrogen-bond donors (Lipinski definition) is 2. The lowest BCUT2D eigenvalue weighted by atomic mass is 10.0. The number of para-hydroxylation sites is 1. The van der Waals surface area contributed by atoms with E-state index in [1.54, 1.807) is 32.9 Å². The molecule has 0 bridgehead atoms. The van der Waals surface area contributed by atoms with Crippen LogP contribution in [0.15, 0.2) is 48.7 Å². The molecule has 5 rings (SSSR count). The first-order valence-electron chi connectivity index (χ1n) is 12.0. The lowest BCUT2D eigenvalue weighted by Crippen LogP contribution is -2.43. The number of nitrogens with zero attached hydrogens (tertiary/aromatic N) is 5. The highest BCUT2D eigenvalue weighted by Crippen LogP contribution is 2.41. The molecule has 1 saturated heterocycles. The van der Waals surface area contributed by atoms with Crippen LogP contribution in [-0.2, 0) is 0 Å². The molecule has 1 fully saturated rings. The number of benzene rings is 1. The number of aliphatic hydroxyl groups is 1. The minimum atomic E-state index is -4.49. The predicted octanol–water partition coefficient (Wildman–Crippen LogP) is 4.12. The van der Waals surface area contributed by atoms with Crippen molar-refractivity contribution in [2.45, 2.75) is 50.6 Å². The van der Waals surface area contributed by atoms with Crippen molar-refractivity contribution in [1.29, 1.82) is 0 Å². The average molecular weight is 515 g/mol. The van der Waals surface area contributed by atoms with E-state index in [0.717, 1.165) is 5.39 Å². The van der Waals surface area contributed by atoms with Crippen LogP contribution in [0, 0.1) is 0 Å². The summed E-state index contributed by atoms with van der Waals surface area (Å²) in [5.74, 6) is 0.786. The Balaban J connectivity index is 1.56. The number of pyridine rings is 2. The minimum absolute atomic E-state index is 0.0619. The highest BCUT2D eigenvalue weighted by atomic mass is 19.4. The van der Waals surface area contributed by atoms with E-state index >= 15 is 0 Å². The fourth-order valence-corrected chi connectivity index (χ4v) is 4.71. The van der Waals surface area contributed by atoms with Crippen LogP contribution >= 0.6 is 0 Å². The Morgan fingerprint density at radius 3 is 2.59 bits per heavy atom. The van der Waals surface area contributed by atoms with Crippen LogP contribution in [0.5, 0.6) is 5.75 Å². The van der Waals surface area contributed by atoms with Gasteiger partial charge in [0, 0.05) is 30.2 Å². The summed E-state index contributed by atoms with van der Waals surface area (Å²) < 4.78 is 50.1. The highest BCUT2D eigenvalue weighted by Gasteiger charge is 2.48. The third-order valence-corrected chi connectivity index (χ3v) is 6.44. The monoisotopic (exact) mass is 514 g/mol. The number of rotatable bonds is 6. The maximum atomic E-state index is 14.3. The van der Waals surface area contributed by atoms with E-state index in [1.165, 1.54) is 27.6 Å². The van der Waals surface area contributed by atoms with Crippen molar-refractivity contribution >= 4 is 16.6 Å². The fourth-order valence-electron chi connectivity index (χ4n) is 4.71. The highest BCUT2D eigenvalue weighted by molar-refractivity contribution is 5.86. The van der Waals surface area contributed by atoms with Crippen LogP contribution in [0.3, 0.4) is 0 Å². The topological polar surface area (TPSA) is 102 Å². The molecule has 1 aliphatic rings. The molecule has 3 aromatic heterocycles. The zero-order valence-corrected chi connectivity index (χ0v) is 20.8. The van der Waals surface area contributed by atoms with Gasteiger partial charge in [-0.1, -0.05) is 24.3 Å². The fraction of sp³-hybridized carbons (Fsp3) is 0.423. The number of nitrogens with two attached hydrogens (primary N) is 1. The van der Waals surface area contributed by atoms with E-state index in [1.807, 2.05) is 18.2 Å². The SMILES string of the molecule is CC(C)(O)COc1cccc2ccc(-c3nnc4ccc([C@@H](N5CCC(C)(N)C5)C(F)(F)F)cn34)nc12. The smallest absolute Gasteiger partial charge is 0.408 e. The zero-order chi connectivity index (χ0) is 26.6. The molecule has 0 radical (unpaired) electrons. The first-order chi connectivity index (χ1) is 17.3. The van der Waals surface area contributed by atoms with E-state index < -0.39 is 23.4 Å². The van der Waals surface area contributed by atoms with Gasteiger partial charge in [0.05, 0.1) is 5.60 Å². The number of fused-ring (bicyclic) bond motifs is 2. The molecule has 0 saturated carbocycles. The molecule has 3 N–H and O–H groups in total. The molecule has 1 unspecified atom stereocenters. The third-order valence-electron chi connectivity index (χ3n) is 6.44. The zero-order valence-electron chi connectivity index (χ0n) is 20.8. The third kappa shape index (κ3) is 5.25. The molecule has 0 amide bonds. The van der Waals surface area contributed by atoms with E-state index in [4.69, 9.17) is 15.5 Å². The minimum Gasteiger partial charge on any atom is -0.488 e. The molecule has 8 nitrogen and oxygen atoms in total. The number of hydrogen-bond acceptors (Lipinski definition) is 7. The summed E-state index contributed by atoms with van der Waals surface area (Å²) >= 11 is 0. The summed E-state index contributed by atoms with van der Waals surface area (Å²) in [4.78, 5) is 6.09. The second-order valence-electron chi connectivity index (χ2n) is 10.7. The van der Waals surface area contributed by atoms with Crippen molar-refractivity contribution in [3.8, 4) is 17.3 Å². The number of halogens is 3. The number of alkyl halides is 3. The molecule has 1 aliphatic heterocycles. The molecule has 2 atom stereocenters. The molecule has 196 valence electrons. The summed E-state index contributed by atoms with van der Waals surface area (Å²) in [5, 5.41) is 19.2. The molecular formula is C26H29F3N6O2. The van der Waals surface area contributed by atoms with Crippen LogP contribution in [-0.4, -0.2) is 66.6 Å². The standard InChI is InChI=1S/C26H29F3N6O2/c1-24(2,36)15-37-19-6-4-5-16-7-9-18(31-21(16)19)23-33-32-20-10-8-17(13-35(20)23)22(26(27,28)29)34-12-11-25(3,30)14-34/h4-10,13,22,36H,11-12,14-15,30H2,1-3H3/t22-,25?/m1/s1. The molecular weight excluding hydrogens is 485 g/mol. The van der Waals surface area contributed by atoms with E-state index in [9.17, 15) is 18.3 Å². The van der Waals surface area contributed by atoms with Crippen LogP contribution in [0.1, 0.15) is 38.8 Å². The van der Waals surface area contributed by atoms with Crippen LogP contribution in [0.4, 0.5) is 13.2 Å². The van der Waals surface area contributed by atoms with Gasteiger partial charge in [0.2, 0.25) is 0 Å². The summed E-state index contributed by atoms with van der Waals surface area (Å²) in [5.41, 5.74) is 5.88. The summed E-state index contributed by atoms with van der Waals surface area (Å²) in [6, 6.07) is 10.2. The van der Waals surface area contributed by atoms with E-state index in [-0.39, 0.29) is 25.3 Å². The van der Waals surface area contributed by atoms with Crippen molar-refractivity contribution in [1.82, 2.24) is 24.5 Å². The van der Waals surface area contributed by atoms with Gasteiger partial charge in [0.15, 0.2) is 11.5 Å². The molecule has 37 heavy (non-hydrogen) atoms. The molecule has 4 aromatic rings. The summed E-state index contributed by atoms with van der Waals surface area (Å²) in [6.07, 6.45) is -2.58. The van der Waals surface area contributed by atoms with Gasteiger partial charge in [-0.2, -0.15) is 13.2 Å². The lowest BCUT2D eigenvalue weighted by molar-refractivity contribution is -0.184. The van der Waals surface area contributed by atoms with Crippen LogP contribution < -0.4 is 10.5 Å². The normalized spacial score (nSPS) is 20.1. The first kappa shape index (κ1) is 25.4. The number of ether oxygens (including phenoxy) is 1. The maximum Gasteiger partial charge on any atom is 0.408 e. The number of aromatic nitrogens is 4. The van der Waals surface area contributed by atoms with Gasteiger partial charge in [-0.15, -0.1) is 10.2 Å². The second kappa shape index (κ2) is 8.93. The quantitative estimate of drug-likeness (QED) is 0.399. The van der Waals surface area contributed by atoms with Crippen molar-refractivity contribution in [2.24, 2.45) is 5.73 Å². The maximum absolute atomic E-state index is 14.3. The molecule has 1 aromatic carbocycles. The van der Waals surface area contributed by atoms with Gasteiger partial charge in [-0.3, -0.25) is 9.30 Å². The predicted molar refractivity (Wildman–Crippen MR) is 133 cm³/mol. The molecule has 4 heterocycles. The Morgan fingerprint density at radius 2 is 1.92 bits per heavy atom. The first-order valence-corrected chi connectivity index (χ1v) is 12.0. The van der Waals surface area contributed by atoms with Gasteiger partial charge in [-0.05, 0) is 51.0 Å². The Labute approximate surface area is 211 Å². The molecule has 0 aliphatic carbocycles. The van der Waals surface area contributed by atoms with Crippen molar-refractivity contribution in [3.05, 3.63) is 54.2 Å². The van der Waals surface area contributed by atoms with Crippen molar-refractivity contribution in [2.75, 3.05) is 19.7 Å². The second-order valence-corrected chi connectivity index (χ2v) is 10.7. The number of likely N-dealkylation sites (tertiary alicyclic amines) is 1. The Hall–Kier alpha value is -3.28. The molecule has 0 spiro atoms. The lowest BCUT2D eigenvalue weighted by Gasteiger charge is -2.31.